The number of aromatic nitrogens is 1. The Hall–Kier alpha value is -0.940. The highest BCUT2D eigenvalue weighted by Crippen LogP contribution is 2.30. The van der Waals surface area contributed by atoms with Crippen molar-refractivity contribution in [1.82, 2.24) is 4.98 Å². The summed E-state index contributed by atoms with van der Waals surface area (Å²) in [4.78, 5) is 13.8. The van der Waals surface area contributed by atoms with Gasteiger partial charge >= 0.3 is 0 Å². The van der Waals surface area contributed by atoms with Crippen molar-refractivity contribution in [3.05, 3.63) is 22.5 Å². The van der Waals surface area contributed by atoms with Crippen LogP contribution < -0.4 is 0 Å². The molecule has 1 rings (SSSR count). The number of aromatic hydroxyl groups is 1. The van der Waals surface area contributed by atoms with Gasteiger partial charge in [0.05, 0.1) is 5.56 Å². The molecule has 0 aliphatic carbocycles. The molecule has 0 saturated carbocycles. The van der Waals surface area contributed by atoms with E-state index in [9.17, 15) is 13.6 Å². The van der Waals surface area contributed by atoms with Crippen molar-refractivity contribution in [2.75, 3.05) is 0 Å². The molecule has 0 radical (unpaired) electrons. The van der Waals surface area contributed by atoms with Crippen LogP contribution in [0.2, 0.25) is 5.15 Å². The summed E-state index contributed by atoms with van der Waals surface area (Å²) in [5.41, 5.74) is -1.19. The summed E-state index contributed by atoms with van der Waals surface area (Å²) >= 11 is 10.3. The van der Waals surface area contributed by atoms with Crippen molar-refractivity contribution in [3.8, 4) is 5.75 Å². The molecular weight excluding hydrogens is 239 g/mol. The average Bonchev–Trinajstić information content (AvgIpc) is 2.07. The van der Waals surface area contributed by atoms with Crippen LogP contribution in [0.15, 0.2) is 6.07 Å². The first-order valence-electron chi connectivity index (χ1n) is 3.31. The summed E-state index contributed by atoms with van der Waals surface area (Å²) in [6.45, 7) is 0. The molecule has 0 aliphatic rings. The van der Waals surface area contributed by atoms with E-state index in [2.05, 4.69) is 4.98 Å². The Labute approximate surface area is 87.3 Å². The summed E-state index contributed by atoms with van der Waals surface area (Å²) in [7, 11) is 0. The second kappa shape index (κ2) is 4.06. The third kappa shape index (κ3) is 2.10. The zero-order valence-corrected chi connectivity index (χ0v) is 7.98. The van der Waals surface area contributed by atoms with Gasteiger partial charge in [-0.05, 0) is 17.7 Å². The van der Waals surface area contributed by atoms with Crippen LogP contribution in [0.1, 0.15) is 22.5 Å². The molecular formula is C7H3Cl2F2NO2. The Morgan fingerprint density at radius 1 is 1.57 bits per heavy atom. The molecule has 76 valence electrons. The molecule has 1 aromatic heterocycles. The number of pyridine rings is 1. The van der Waals surface area contributed by atoms with Crippen molar-refractivity contribution < 1.29 is 18.7 Å². The lowest BCUT2D eigenvalue weighted by Crippen LogP contribution is -1.98. The summed E-state index contributed by atoms with van der Waals surface area (Å²) in [5.74, 6) is -0.718. The van der Waals surface area contributed by atoms with Crippen LogP contribution in [-0.2, 0) is 0 Å². The number of rotatable bonds is 2. The number of alkyl halides is 2. The molecule has 0 bridgehead atoms. The highest BCUT2D eigenvalue weighted by Gasteiger charge is 2.19. The third-order valence-corrected chi connectivity index (χ3v) is 1.89. The maximum absolute atomic E-state index is 12.2. The lowest BCUT2D eigenvalue weighted by atomic mass is 10.2. The number of halogens is 4. The van der Waals surface area contributed by atoms with Gasteiger partial charge in [-0.15, -0.1) is 0 Å². The number of carbonyl (C=O) groups is 1. The second-order valence-electron chi connectivity index (χ2n) is 2.31. The van der Waals surface area contributed by atoms with Crippen LogP contribution >= 0.6 is 23.2 Å². The predicted octanol–water partition coefficient (Wildman–Crippen LogP) is 2.76. The molecule has 0 saturated heterocycles. The first kappa shape index (κ1) is 11.1. The van der Waals surface area contributed by atoms with Crippen LogP contribution in [-0.4, -0.2) is 15.3 Å². The first-order chi connectivity index (χ1) is 6.43. The minimum Gasteiger partial charge on any atom is -0.505 e. The monoisotopic (exact) mass is 241 g/mol. The van der Waals surface area contributed by atoms with Crippen molar-refractivity contribution in [2.24, 2.45) is 0 Å². The Morgan fingerprint density at radius 3 is 2.57 bits per heavy atom. The smallest absolute Gasteiger partial charge is 0.274 e. The van der Waals surface area contributed by atoms with E-state index in [4.69, 9.17) is 28.3 Å². The normalized spacial score (nSPS) is 10.6. The molecule has 0 aliphatic heterocycles. The van der Waals surface area contributed by atoms with Crippen molar-refractivity contribution in [2.45, 2.75) is 6.43 Å². The largest absolute Gasteiger partial charge is 0.505 e. The van der Waals surface area contributed by atoms with Gasteiger partial charge in [0.2, 0.25) is 0 Å². The summed E-state index contributed by atoms with van der Waals surface area (Å²) < 4.78 is 24.4. The van der Waals surface area contributed by atoms with Gasteiger partial charge in [-0.2, -0.15) is 0 Å². The van der Waals surface area contributed by atoms with Crippen molar-refractivity contribution in [1.29, 1.82) is 0 Å². The molecule has 0 aromatic carbocycles. The predicted molar refractivity (Wildman–Crippen MR) is 46.1 cm³/mol. The maximum atomic E-state index is 12.2. The second-order valence-corrected chi connectivity index (χ2v) is 3.01. The molecule has 3 nitrogen and oxygen atoms in total. The van der Waals surface area contributed by atoms with E-state index in [1.54, 1.807) is 0 Å². The summed E-state index contributed by atoms with van der Waals surface area (Å²) in [6, 6.07) is 0.662. The summed E-state index contributed by atoms with van der Waals surface area (Å²) in [5, 5.41) is 7.46. The molecule has 1 N–H and O–H groups in total. The van der Waals surface area contributed by atoms with Crippen LogP contribution in [0.5, 0.6) is 5.75 Å². The van der Waals surface area contributed by atoms with E-state index >= 15 is 0 Å². The van der Waals surface area contributed by atoms with Crippen molar-refractivity contribution >= 4 is 28.4 Å². The Morgan fingerprint density at radius 2 is 2.14 bits per heavy atom. The standard InChI is InChI=1S/C7H3Cl2F2NO2/c8-5-2(7(10)11)1-3(13)4(12-5)6(9)14/h1,7,13H. The average molecular weight is 242 g/mol. The number of carbonyl (C=O) groups excluding carboxylic acids is 1. The fraction of sp³-hybridized carbons (Fsp3) is 0.143. The molecule has 7 heteroatoms. The summed E-state index contributed by atoms with van der Waals surface area (Å²) in [6.07, 6.45) is -2.87. The van der Waals surface area contributed by atoms with Crippen molar-refractivity contribution in [3.63, 3.8) is 0 Å². The zero-order chi connectivity index (χ0) is 10.9. The minimum absolute atomic E-state index is 0.541. The Bertz CT molecular complexity index is 384. The van der Waals surface area contributed by atoms with Crippen LogP contribution in [0.4, 0.5) is 8.78 Å². The van der Waals surface area contributed by atoms with Gasteiger partial charge in [-0.3, -0.25) is 4.79 Å². The van der Waals surface area contributed by atoms with Gasteiger partial charge in [-0.1, -0.05) is 11.6 Å². The topological polar surface area (TPSA) is 50.2 Å². The Kier molecular flexibility index (Phi) is 3.23. The van der Waals surface area contributed by atoms with Crippen LogP contribution in [0.25, 0.3) is 0 Å². The molecule has 0 spiro atoms. The highest BCUT2D eigenvalue weighted by molar-refractivity contribution is 6.67. The van der Waals surface area contributed by atoms with Gasteiger partial charge in [0.1, 0.15) is 10.9 Å². The first-order valence-corrected chi connectivity index (χ1v) is 4.06. The third-order valence-electron chi connectivity index (χ3n) is 1.40. The fourth-order valence-corrected chi connectivity index (χ4v) is 1.15. The molecule has 1 aromatic rings. The van der Waals surface area contributed by atoms with Gasteiger partial charge in [0.15, 0.2) is 5.69 Å². The van der Waals surface area contributed by atoms with E-state index < -0.39 is 33.8 Å². The molecule has 0 amide bonds. The van der Waals surface area contributed by atoms with Gasteiger partial charge in [0.25, 0.3) is 11.7 Å². The van der Waals surface area contributed by atoms with Gasteiger partial charge in [-0.25, -0.2) is 13.8 Å². The van der Waals surface area contributed by atoms with E-state index in [0.717, 1.165) is 0 Å². The molecule has 0 atom stereocenters. The lowest BCUT2D eigenvalue weighted by molar-refractivity contribution is 0.107. The van der Waals surface area contributed by atoms with E-state index in [-0.39, 0.29) is 0 Å². The highest BCUT2D eigenvalue weighted by atomic mass is 35.5. The SMILES string of the molecule is O=C(Cl)c1nc(Cl)c(C(F)F)cc1O. The number of hydrogen-bond acceptors (Lipinski definition) is 3. The maximum Gasteiger partial charge on any atom is 0.274 e. The fourth-order valence-electron chi connectivity index (χ4n) is 0.793. The quantitative estimate of drug-likeness (QED) is 0.640. The number of nitrogens with zero attached hydrogens (tertiary/aromatic N) is 1. The minimum atomic E-state index is -2.87. The molecule has 0 fully saturated rings. The molecule has 14 heavy (non-hydrogen) atoms. The number of hydrogen-bond donors (Lipinski definition) is 1. The van der Waals surface area contributed by atoms with Crippen LogP contribution in [0, 0.1) is 0 Å². The molecule has 0 unspecified atom stereocenters. The zero-order valence-electron chi connectivity index (χ0n) is 6.47. The van der Waals surface area contributed by atoms with E-state index in [0.29, 0.717) is 6.07 Å². The van der Waals surface area contributed by atoms with E-state index in [1.165, 1.54) is 0 Å². The van der Waals surface area contributed by atoms with Gasteiger partial charge in [0, 0.05) is 0 Å². The molecule has 1 heterocycles. The van der Waals surface area contributed by atoms with E-state index in [1.807, 2.05) is 0 Å². The lowest BCUT2D eigenvalue weighted by Gasteiger charge is -2.04. The Balaban J connectivity index is 3.31. The van der Waals surface area contributed by atoms with Crippen LogP contribution in [0.3, 0.4) is 0 Å². The van der Waals surface area contributed by atoms with Gasteiger partial charge < -0.3 is 5.11 Å².